The van der Waals surface area contributed by atoms with Gasteiger partial charge in [0.05, 0.1) is 5.69 Å². The average molecular weight is 287 g/mol. The molecule has 0 spiro atoms. The van der Waals surface area contributed by atoms with Crippen LogP contribution in [0.15, 0.2) is 29.3 Å². The summed E-state index contributed by atoms with van der Waals surface area (Å²) in [6.07, 6.45) is 5.56. The number of hydrogen-bond donors (Lipinski definition) is 0. The molecular weight excluding hydrogens is 273 g/mol. The van der Waals surface area contributed by atoms with Crippen molar-refractivity contribution in [3.8, 4) is 0 Å². The summed E-state index contributed by atoms with van der Waals surface area (Å²) in [7, 11) is 0. The molecule has 0 radical (unpaired) electrons. The number of benzene rings is 1. The zero-order chi connectivity index (χ0) is 9.52. The van der Waals surface area contributed by atoms with Crippen molar-refractivity contribution in [2.24, 2.45) is 4.99 Å². The van der Waals surface area contributed by atoms with Gasteiger partial charge in [-0.2, -0.15) is 0 Å². The van der Waals surface area contributed by atoms with Gasteiger partial charge in [-0.3, -0.25) is 4.99 Å². The molecule has 0 fully saturated rings. The number of hydrogen-bond acceptors (Lipinski definition) is 1. The third kappa shape index (κ3) is 4.41. The van der Waals surface area contributed by atoms with Crippen LogP contribution in [0.4, 0.5) is 5.69 Å². The second-order valence-corrected chi connectivity index (χ2v) is 4.18. The predicted molar refractivity (Wildman–Crippen MR) is 66.8 cm³/mol. The van der Waals surface area contributed by atoms with E-state index in [0.717, 1.165) is 12.1 Å². The molecule has 1 aromatic rings. The van der Waals surface area contributed by atoms with E-state index in [2.05, 4.69) is 46.6 Å². The third-order valence-electron chi connectivity index (χ3n) is 1.75. The van der Waals surface area contributed by atoms with E-state index in [4.69, 9.17) is 0 Å². The molecule has 13 heavy (non-hydrogen) atoms. The highest BCUT2D eigenvalue weighted by Crippen LogP contribution is 2.13. The summed E-state index contributed by atoms with van der Waals surface area (Å²) < 4.78 is 1.25. The average Bonchev–Trinajstić information content (AvgIpc) is 2.15. The molecular formula is C11H14IN. The van der Waals surface area contributed by atoms with E-state index in [-0.39, 0.29) is 0 Å². The number of halogens is 1. The minimum Gasteiger partial charge on any atom is -0.261 e. The normalized spacial score (nSPS) is 10.9. The molecule has 0 bridgehead atoms. The lowest BCUT2D eigenvalue weighted by molar-refractivity contribution is 0.843. The van der Waals surface area contributed by atoms with Crippen molar-refractivity contribution in [3.05, 3.63) is 27.8 Å². The van der Waals surface area contributed by atoms with Gasteiger partial charge in [-0.05, 0) is 59.7 Å². The second-order valence-electron chi connectivity index (χ2n) is 2.93. The Kier molecular flexibility index (Phi) is 5.05. The van der Waals surface area contributed by atoms with Gasteiger partial charge in [-0.25, -0.2) is 0 Å². The third-order valence-corrected chi connectivity index (χ3v) is 2.47. The first-order valence-corrected chi connectivity index (χ1v) is 5.69. The fourth-order valence-corrected chi connectivity index (χ4v) is 1.35. The van der Waals surface area contributed by atoms with Gasteiger partial charge < -0.3 is 0 Å². The van der Waals surface area contributed by atoms with Gasteiger partial charge in [0.1, 0.15) is 0 Å². The number of aliphatic imine (C=N–C) groups is 1. The second kappa shape index (κ2) is 6.13. The highest BCUT2D eigenvalue weighted by molar-refractivity contribution is 14.1. The fourth-order valence-electron chi connectivity index (χ4n) is 0.993. The Morgan fingerprint density at radius 2 is 2.00 bits per heavy atom. The summed E-state index contributed by atoms with van der Waals surface area (Å²) in [5.41, 5.74) is 1.05. The molecule has 0 heterocycles. The molecule has 0 aliphatic rings. The Morgan fingerprint density at radius 1 is 1.31 bits per heavy atom. The van der Waals surface area contributed by atoms with E-state index >= 15 is 0 Å². The molecule has 70 valence electrons. The molecule has 1 aromatic carbocycles. The fraction of sp³-hybridized carbons (Fsp3) is 0.364. The van der Waals surface area contributed by atoms with Crippen LogP contribution in [0.25, 0.3) is 0 Å². The summed E-state index contributed by atoms with van der Waals surface area (Å²) in [4.78, 5) is 4.36. The Morgan fingerprint density at radius 3 is 2.62 bits per heavy atom. The van der Waals surface area contributed by atoms with Crippen LogP contribution >= 0.6 is 22.6 Å². The lowest BCUT2D eigenvalue weighted by atomic mass is 10.3. The van der Waals surface area contributed by atoms with Crippen LogP contribution in [0.2, 0.25) is 0 Å². The minimum atomic E-state index is 1.05. The molecule has 0 atom stereocenters. The maximum atomic E-state index is 4.36. The summed E-state index contributed by atoms with van der Waals surface area (Å²) >= 11 is 2.30. The largest absolute Gasteiger partial charge is 0.261 e. The summed E-state index contributed by atoms with van der Waals surface area (Å²) in [5, 5.41) is 0. The molecule has 0 amide bonds. The van der Waals surface area contributed by atoms with Crippen molar-refractivity contribution in [1.82, 2.24) is 0 Å². The molecule has 0 unspecified atom stereocenters. The first-order chi connectivity index (χ1) is 6.33. The van der Waals surface area contributed by atoms with Crippen LogP contribution in [0.3, 0.4) is 0 Å². The molecule has 0 saturated heterocycles. The highest BCUT2D eigenvalue weighted by Gasteiger charge is 1.87. The number of unbranched alkanes of at least 4 members (excludes halogenated alkanes) is 2. The van der Waals surface area contributed by atoms with E-state index in [9.17, 15) is 0 Å². The zero-order valence-electron chi connectivity index (χ0n) is 7.83. The van der Waals surface area contributed by atoms with Crippen molar-refractivity contribution in [2.45, 2.75) is 26.2 Å². The SMILES string of the molecule is CCCCC=Nc1ccc(I)cc1. The maximum Gasteiger partial charge on any atom is 0.0626 e. The Hall–Kier alpha value is -0.380. The van der Waals surface area contributed by atoms with E-state index in [0.29, 0.717) is 0 Å². The highest BCUT2D eigenvalue weighted by atomic mass is 127. The van der Waals surface area contributed by atoms with Crippen molar-refractivity contribution in [2.75, 3.05) is 0 Å². The smallest absolute Gasteiger partial charge is 0.0626 e. The van der Waals surface area contributed by atoms with Crippen LogP contribution in [0, 0.1) is 3.57 Å². The number of nitrogens with zero attached hydrogens (tertiary/aromatic N) is 1. The van der Waals surface area contributed by atoms with Crippen LogP contribution < -0.4 is 0 Å². The Balaban J connectivity index is 2.44. The monoisotopic (exact) mass is 287 g/mol. The van der Waals surface area contributed by atoms with Crippen molar-refractivity contribution in [3.63, 3.8) is 0 Å². The van der Waals surface area contributed by atoms with Crippen molar-refractivity contribution in [1.29, 1.82) is 0 Å². The molecule has 0 aliphatic heterocycles. The van der Waals surface area contributed by atoms with E-state index in [1.54, 1.807) is 0 Å². The molecule has 0 saturated carbocycles. The van der Waals surface area contributed by atoms with Gasteiger partial charge >= 0.3 is 0 Å². The van der Waals surface area contributed by atoms with Gasteiger partial charge in [-0.1, -0.05) is 13.3 Å². The van der Waals surface area contributed by atoms with Gasteiger partial charge in [0.15, 0.2) is 0 Å². The molecule has 0 aromatic heterocycles. The molecule has 0 aliphatic carbocycles. The van der Waals surface area contributed by atoms with Gasteiger partial charge in [0.25, 0.3) is 0 Å². The molecule has 2 heteroatoms. The van der Waals surface area contributed by atoms with Crippen molar-refractivity contribution >= 4 is 34.5 Å². The van der Waals surface area contributed by atoms with Crippen LogP contribution in [-0.4, -0.2) is 6.21 Å². The minimum absolute atomic E-state index is 1.05. The van der Waals surface area contributed by atoms with Gasteiger partial charge in [0, 0.05) is 9.78 Å². The first-order valence-electron chi connectivity index (χ1n) is 4.61. The molecule has 0 N–H and O–H groups in total. The van der Waals surface area contributed by atoms with E-state index < -0.39 is 0 Å². The number of rotatable bonds is 4. The predicted octanol–water partition coefficient (Wildman–Crippen LogP) is 4.18. The lowest BCUT2D eigenvalue weighted by Crippen LogP contribution is -1.75. The zero-order valence-corrected chi connectivity index (χ0v) is 9.99. The standard InChI is InChI=1S/C11H14IN/c1-2-3-4-9-13-11-7-5-10(12)6-8-11/h5-9H,2-4H2,1H3. The van der Waals surface area contributed by atoms with Crippen LogP contribution in [-0.2, 0) is 0 Å². The Bertz CT molecular complexity index is 264. The summed E-state index contributed by atoms with van der Waals surface area (Å²) in [6.45, 7) is 2.19. The maximum absolute atomic E-state index is 4.36. The topological polar surface area (TPSA) is 12.4 Å². The quantitative estimate of drug-likeness (QED) is 0.447. The van der Waals surface area contributed by atoms with Gasteiger partial charge in [-0.15, -0.1) is 0 Å². The molecule has 1 nitrogen and oxygen atoms in total. The summed E-state index contributed by atoms with van der Waals surface area (Å²) in [6, 6.07) is 8.24. The van der Waals surface area contributed by atoms with Crippen LogP contribution in [0.5, 0.6) is 0 Å². The molecule has 1 rings (SSSR count). The van der Waals surface area contributed by atoms with E-state index in [1.807, 2.05) is 18.3 Å². The summed E-state index contributed by atoms with van der Waals surface area (Å²) in [5.74, 6) is 0. The van der Waals surface area contributed by atoms with E-state index in [1.165, 1.54) is 16.4 Å². The Labute approximate surface area is 93.4 Å². The lowest BCUT2D eigenvalue weighted by Gasteiger charge is -1.93. The van der Waals surface area contributed by atoms with Crippen molar-refractivity contribution < 1.29 is 0 Å². The first kappa shape index (κ1) is 10.7. The van der Waals surface area contributed by atoms with Crippen LogP contribution in [0.1, 0.15) is 26.2 Å². The van der Waals surface area contributed by atoms with Gasteiger partial charge in [0.2, 0.25) is 0 Å².